The predicted molar refractivity (Wildman–Crippen MR) is 175 cm³/mol. The van der Waals surface area contributed by atoms with Gasteiger partial charge in [0.25, 0.3) is 0 Å². The van der Waals surface area contributed by atoms with Gasteiger partial charge in [0.1, 0.15) is 0 Å². The number of rotatable bonds is 13. The molecule has 0 radical (unpaired) electrons. The number of hydrogen-bond acceptors (Lipinski definition) is 6. The number of piperidine rings is 1. The molecule has 0 spiro atoms. The van der Waals surface area contributed by atoms with Gasteiger partial charge in [-0.2, -0.15) is 22.6 Å². The second-order valence-electron chi connectivity index (χ2n) is 12.2. The van der Waals surface area contributed by atoms with Crippen molar-refractivity contribution in [1.82, 2.24) is 24.3 Å². The molecule has 1 N–H and O–H groups in total. The zero-order valence-electron chi connectivity index (χ0n) is 26.2. The van der Waals surface area contributed by atoms with Crippen molar-refractivity contribution in [1.29, 1.82) is 0 Å². The van der Waals surface area contributed by atoms with Gasteiger partial charge in [-0.25, -0.2) is 8.42 Å². The van der Waals surface area contributed by atoms with Crippen molar-refractivity contribution < 1.29 is 21.6 Å². The Morgan fingerprint density at radius 2 is 1.78 bits per heavy atom. The van der Waals surface area contributed by atoms with Gasteiger partial charge in [0, 0.05) is 59.6 Å². The Balaban J connectivity index is 1.36. The molecule has 0 saturated carbocycles. The van der Waals surface area contributed by atoms with Crippen molar-refractivity contribution in [3.63, 3.8) is 0 Å². The quantitative estimate of drug-likeness (QED) is 0.177. The summed E-state index contributed by atoms with van der Waals surface area (Å²) in [6.07, 6.45) is 2.69. The van der Waals surface area contributed by atoms with Gasteiger partial charge in [-0.3, -0.25) is 4.68 Å². The van der Waals surface area contributed by atoms with Crippen molar-refractivity contribution in [3.8, 4) is 11.3 Å². The topological polar surface area (TPSA) is 70.5 Å². The molecule has 246 valence electrons. The van der Waals surface area contributed by atoms with E-state index in [2.05, 4.69) is 22.3 Å². The SMILES string of the molecule is CC(CNCCc1ccccc1)Sc1cc(-c2nn(CCCN3CCCCC3)c3c2CN(S(C)(=O)=O)CC3)ccc1C(F)(F)F. The molecule has 1 aromatic heterocycles. The van der Waals surface area contributed by atoms with E-state index in [1.54, 1.807) is 6.07 Å². The Labute approximate surface area is 269 Å². The lowest BCUT2D eigenvalue weighted by Gasteiger charge is -2.27. The van der Waals surface area contributed by atoms with E-state index in [1.165, 1.54) is 53.2 Å². The first-order valence-electron chi connectivity index (χ1n) is 15.9. The van der Waals surface area contributed by atoms with Crippen LogP contribution in [0.25, 0.3) is 11.3 Å². The molecule has 1 atom stereocenters. The lowest BCUT2D eigenvalue weighted by Crippen LogP contribution is -2.35. The summed E-state index contributed by atoms with van der Waals surface area (Å²) < 4.78 is 70.8. The molecule has 7 nitrogen and oxygen atoms in total. The highest BCUT2D eigenvalue weighted by Crippen LogP contribution is 2.41. The van der Waals surface area contributed by atoms with Crippen LogP contribution in [0.1, 0.15) is 55.0 Å². The van der Waals surface area contributed by atoms with Gasteiger partial charge in [-0.05, 0) is 69.6 Å². The van der Waals surface area contributed by atoms with Gasteiger partial charge >= 0.3 is 6.18 Å². The van der Waals surface area contributed by atoms with E-state index in [9.17, 15) is 21.6 Å². The van der Waals surface area contributed by atoms with Crippen LogP contribution in [0, 0.1) is 0 Å². The summed E-state index contributed by atoms with van der Waals surface area (Å²) in [4.78, 5) is 2.63. The third-order valence-electron chi connectivity index (χ3n) is 8.61. The van der Waals surface area contributed by atoms with Crippen LogP contribution in [0.4, 0.5) is 13.2 Å². The average molecular weight is 664 g/mol. The Bertz CT molecular complexity index is 1520. The van der Waals surface area contributed by atoms with Crippen LogP contribution in [-0.4, -0.2) is 78.2 Å². The van der Waals surface area contributed by atoms with Crippen molar-refractivity contribution >= 4 is 21.8 Å². The molecular weight excluding hydrogens is 620 g/mol. The Hall–Kier alpha value is -2.38. The average Bonchev–Trinajstić information content (AvgIpc) is 3.37. The van der Waals surface area contributed by atoms with Gasteiger partial charge in [-0.15, -0.1) is 11.8 Å². The number of aromatic nitrogens is 2. The normalized spacial score (nSPS) is 17.4. The molecule has 3 heterocycles. The number of benzene rings is 2. The molecule has 3 aromatic rings. The summed E-state index contributed by atoms with van der Waals surface area (Å²) in [7, 11) is -3.44. The van der Waals surface area contributed by atoms with Crippen LogP contribution >= 0.6 is 11.8 Å². The van der Waals surface area contributed by atoms with Crippen LogP contribution in [0.15, 0.2) is 53.4 Å². The van der Waals surface area contributed by atoms with E-state index < -0.39 is 21.8 Å². The molecule has 45 heavy (non-hydrogen) atoms. The van der Waals surface area contributed by atoms with E-state index in [4.69, 9.17) is 5.10 Å². The van der Waals surface area contributed by atoms with Gasteiger partial charge in [0.05, 0.1) is 17.5 Å². The van der Waals surface area contributed by atoms with E-state index in [0.29, 0.717) is 37.3 Å². The first kappa shape index (κ1) is 34.0. The summed E-state index contributed by atoms with van der Waals surface area (Å²) in [6.45, 7) is 7.63. The van der Waals surface area contributed by atoms with Crippen molar-refractivity contribution in [2.75, 3.05) is 45.5 Å². The lowest BCUT2D eigenvalue weighted by atomic mass is 10.0. The van der Waals surface area contributed by atoms with Crippen LogP contribution < -0.4 is 5.32 Å². The Kier molecular flexibility index (Phi) is 11.3. The molecular formula is C33H44F3N5O2S2. The number of alkyl halides is 3. The highest BCUT2D eigenvalue weighted by molar-refractivity contribution is 8.00. The molecule has 0 aliphatic carbocycles. The Morgan fingerprint density at radius 3 is 2.49 bits per heavy atom. The number of halogens is 3. The number of aryl methyl sites for hydroxylation is 1. The first-order valence-corrected chi connectivity index (χ1v) is 18.6. The number of nitrogens with one attached hydrogen (secondary N) is 1. The highest BCUT2D eigenvalue weighted by Gasteiger charge is 2.35. The lowest BCUT2D eigenvalue weighted by molar-refractivity contribution is -0.139. The second-order valence-corrected chi connectivity index (χ2v) is 15.6. The number of fused-ring (bicyclic) bond motifs is 1. The molecule has 1 saturated heterocycles. The molecule has 2 aliphatic rings. The van der Waals surface area contributed by atoms with E-state index in [0.717, 1.165) is 56.3 Å². The molecule has 2 aromatic carbocycles. The zero-order chi connectivity index (χ0) is 32.0. The summed E-state index contributed by atoms with van der Waals surface area (Å²) in [5, 5.41) is 8.21. The van der Waals surface area contributed by atoms with Crippen molar-refractivity contribution in [2.45, 2.75) is 74.9 Å². The maximum Gasteiger partial charge on any atom is 0.417 e. The minimum absolute atomic E-state index is 0.112. The van der Waals surface area contributed by atoms with Crippen LogP contribution in [-0.2, 0) is 42.1 Å². The fourth-order valence-electron chi connectivity index (χ4n) is 6.24. The molecule has 1 unspecified atom stereocenters. The van der Waals surface area contributed by atoms with Crippen LogP contribution in [0.3, 0.4) is 0 Å². The minimum atomic E-state index is -4.50. The zero-order valence-corrected chi connectivity index (χ0v) is 27.8. The fraction of sp³-hybridized carbons (Fsp3) is 0.545. The standard InChI is InChI=1S/C33H44F3N5O2S2/c1-25(23-37-16-14-26-10-5-3-6-11-26)44-31-22-27(12-13-29(31)33(34,35)36)32-28-24-40(45(2,42)43)21-15-30(28)41(38-32)20-9-19-39-17-7-4-8-18-39/h3,5-6,10-13,22,25,37H,4,7-9,14-21,23-24H2,1-2H3. The number of likely N-dealkylation sites (tertiary alicyclic amines) is 1. The van der Waals surface area contributed by atoms with Crippen molar-refractivity contribution in [3.05, 3.63) is 70.9 Å². The summed E-state index contributed by atoms with van der Waals surface area (Å²) in [6, 6.07) is 14.3. The van der Waals surface area contributed by atoms with Crippen molar-refractivity contribution in [2.24, 2.45) is 0 Å². The molecule has 1 fully saturated rings. The number of nitrogens with zero attached hydrogens (tertiary/aromatic N) is 4. The molecule has 0 amide bonds. The fourth-order valence-corrected chi connectivity index (χ4v) is 8.16. The van der Waals surface area contributed by atoms with E-state index in [-0.39, 0.29) is 16.7 Å². The largest absolute Gasteiger partial charge is 0.417 e. The second kappa shape index (κ2) is 15.0. The van der Waals surface area contributed by atoms with Gasteiger partial charge < -0.3 is 10.2 Å². The monoisotopic (exact) mass is 663 g/mol. The minimum Gasteiger partial charge on any atom is -0.315 e. The third-order valence-corrected chi connectivity index (χ3v) is 11.0. The third kappa shape index (κ3) is 9.12. The first-order chi connectivity index (χ1) is 21.5. The molecule has 5 rings (SSSR count). The summed E-state index contributed by atoms with van der Waals surface area (Å²) in [5.74, 6) is 0. The maximum absolute atomic E-state index is 14.2. The molecule has 0 bridgehead atoms. The molecule has 2 aliphatic heterocycles. The smallest absolute Gasteiger partial charge is 0.315 e. The summed E-state index contributed by atoms with van der Waals surface area (Å²) in [5.41, 5.74) is 3.46. The summed E-state index contributed by atoms with van der Waals surface area (Å²) >= 11 is 1.20. The Morgan fingerprint density at radius 1 is 1.02 bits per heavy atom. The maximum atomic E-state index is 14.2. The van der Waals surface area contributed by atoms with Gasteiger partial charge in [-0.1, -0.05) is 49.7 Å². The number of hydrogen-bond donors (Lipinski definition) is 1. The molecule has 12 heteroatoms. The van der Waals surface area contributed by atoms with Crippen LogP contribution in [0.2, 0.25) is 0 Å². The van der Waals surface area contributed by atoms with Crippen LogP contribution in [0.5, 0.6) is 0 Å². The highest BCUT2D eigenvalue weighted by atomic mass is 32.2. The van der Waals surface area contributed by atoms with Gasteiger partial charge in [0.15, 0.2) is 0 Å². The van der Waals surface area contributed by atoms with E-state index >= 15 is 0 Å². The predicted octanol–water partition coefficient (Wildman–Crippen LogP) is 6.08. The number of sulfonamides is 1. The van der Waals surface area contributed by atoms with Gasteiger partial charge in [0.2, 0.25) is 10.0 Å². The number of thioether (sulfide) groups is 1. The van der Waals surface area contributed by atoms with E-state index in [1.807, 2.05) is 29.8 Å².